The van der Waals surface area contributed by atoms with E-state index in [9.17, 15) is 0 Å². The smallest absolute Gasteiger partial charge is 0.160 e. The van der Waals surface area contributed by atoms with Crippen LogP contribution in [0.4, 0.5) is 0 Å². The third-order valence-corrected chi connectivity index (χ3v) is 4.22. The number of aromatic nitrogens is 2. The van der Waals surface area contributed by atoms with Crippen LogP contribution in [-0.4, -0.2) is 29.5 Å². The first-order valence-electron chi connectivity index (χ1n) is 7.42. The van der Waals surface area contributed by atoms with Gasteiger partial charge in [0.05, 0.1) is 19.0 Å². The fourth-order valence-electron chi connectivity index (χ4n) is 3.21. The molecule has 19 heavy (non-hydrogen) atoms. The van der Waals surface area contributed by atoms with Crippen LogP contribution in [0.1, 0.15) is 51.1 Å². The molecule has 2 atom stereocenters. The molecule has 0 aliphatic heterocycles. The lowest BCUT2D eigenvalue weighted by Gasteiger charge is -2.32. The zero-order valence-corrected chi connectivity index (χ0v) is 12.6. The van der Waals surface area contributed by atoms with Gasteiger partial charge >= 0.3 is 0 Å². The molecule has 0 spiro atoms. The van der Waals surface area contributed by atoms with Crippen molar-refractivity contribution in [1.29, 1.82) is 0 Å². The highest BCUT2D eigenvalue weighted by Gasteiger charge is 2.31. The zero-order chi connectivity index (χ0) is 13.8. The van der Waals surface area contributed by atoms with Crippen LogP contribution in [0.25, 0.3) is 0 Å². The van der Waals surface area contributed by atoms with Gasteiger partial charge in [-0.15, -0.1) is 0 Å². The third-order valence-electron chi connectivity index (χ3n) is 4.22. The fraction of sp³-hybridized carbons (Fsp3) is 0.800. The van der Waals surface area contributed by atoms with Gasteiger partial charge in [-0.05, 0) is 25.3 Å². The average Bonchev–Trinajstić information content (AvgIpc) is 2.77. The summed E-state index contributed by atoms with van der Waals surface area (Å²) in [5.41, 5.74) is 1.28. The number of rotatable bonds is 5. The Hall–Kier alpha value is -1.03. The topological polar surface area (TPSA) is 39.1 Å². The van der Waals surface area contributed by atoms with Crippen molar-refractivity contribution in [3.8, 4) is 5.75 Å². The van der Waals surface area contributed by atoms with Gasteiger partial charge in [0, 0.05) is 19.0 Å². The summed E-state index contributed by atoms with van der Waals surface area (Å²) in [5.74, 6) is 2.21. The summed E-state index contributed by atoms with van der Waals surface area (Å²) in [5, 5.41) is 7.96. The molecular formula is C15H27N3O. The monoisotopic (exact) mass is 265 g/mol. The predicted molar refractivity (Wildman–Crippen MR) is 77.6 cm³/mol. The molecule has 4 nitrogen and oxygen atoms in total. The number of methoxy groups -OCH3 is 1. The minimum Gasteiger partial charge on any atom is -0.493 e. The minimum atomic E-state index is 0.552. The summed E-state index contributed by atoms with van der Waals surface area (Å²) >= 11 is 0. The largest absolute Gasteiger partial charge is 0.493 e. The molecule has 1 N–H and O–H groups in total. The van der Waals surface area contributed by atoms with E-state index in [0.29, 0.717) is 17.9 Å². The van der Waals surface area contributed by atoms with Gasteiger partial charge < -0.3 is 10.1 Å². The van der Waals surface area contributed by atoms with E-state index in [1.165, 1.54) is 31.4 Å². The first kappa shape index (κ1) is 14.4. The van der Waals surface area contributed by atoms with Crippen molar-refractivity contribution in [3.05, 3.63) is 11.9 Å². The average molecular weight is 265 g/mol. The van der Waals surface area contributed by atoms with Crippen LogP contribution in [0.5, 0.6) is 5.75 Å². The molecule has 1 heterocycles. The molecule has 1 aromatic heterocycles. The van der Waals surface area contributed by atoms with E-state index < -0.39 is 0 Å². The van der Waals surface area contributed by atoms with Crippen molar-refractivity contribution >= 4 is 0 Å². The number of aryl methyl sites for hydroxylation is 1. The predicted octanol–water partition coefficient (Wildman–Crippen LogP) is 2.70. The summed E-state index contributed by atoms with van der Waals surface area (Å²) in [6.07, 6.45) is 7.06. The number of ether oxygens (including phenoxy) is 1. The first-order chi connectivity index (χ1) is 9.13. The Morgan fingerprint density at radius 3 is 2.84 bits per heavy atom. The lowest BCUT2D eigenvalue weighted by atomic mass is 9.77. The lowest BCUT2D eigenvalue weighted by molar-refractivity contribution is 0.273. The molecule has 1 aliphatic rings. The van der Waals surface area contributed by atoms with Gasteiger partial charge in [0.2, 0.25) is 0 Å². The Morgan fingerprint density at radius 1 is 1.42 bits per heavy atom. The van der Waals surface area contributed by atoms with Crippen LogP contribution in [0.15, 0.2) is 6.20 Å². The van der Waals surface area contributed by atoms with E-state index in [1.54, 1.807) is 7.11 Å². The van der Waals surface area contributed by atoms with Crippen LogP contribution in [-0.2, 0) is 7.05 Å². The van der Waals surface area contributed by atoms with Gasteiger partial charge in [-0.2, -0.15) is 5.10 Å². The summed E-state index contributed by atoms with van der Waals surface area (Å²) in [4.78, 5) is 0. The Bertz CT molecular complexity index is 400. The quantitative estimate of drug-likeness (QED) is 0.889. The number of nitrogens with zero attached hydrogens (tertiary/aromatic N) is 2. The van der Waals surface area contributed by atoms with Crippen molar-refractivity contribution < 1.29 is 4.74 Å². The van der Waals surface area contributed by atoms with Crippen LogP contribution < -0.4 is 10.1 Å². The summed E-state index contributed by atoms with van der Waals surface area (Å²) in [7, 11) is 3.77. The fourth-order valence-corrected chi connectivity index (χ4v) is 3.21. The van der Waals surface area contributed by atoms with Crippen molar-refractivity contribution in [3.63, 3.8) is 0 Å². The number of hydrogen-bond donors (Lipinski definition) is 1. The Labute approximate surface area is 116 Å². The Kier molecular flexibility index (Phi) is 4.86. The van der Waals surface area contributed by atoms with Gasteiger partial charge in [0.15, 0.2) is 5.75 Å². The zero-order valence-electron chi connectivity index (χ0n) is 12.6. The molecule has 0 aromatic carbocycles. The molecule has 0 saturated heterocycles. The van der Waals surface area contributed by atoms with E-state index in [1.807, 2.05) is 17.9 Å². The molecule has 0 amide bonds. The standard InChI is InChI=1S/C15H27N3O/c1-11(2)16-9-12-7-5-6-8-13(12)15-14(19-4)10-17-18(15)3/h10-13,16H,5-9H2,1-4H3. The second-order valence-corrected chi connectivity index (χ2v) is 5.94. The van der Waals surface area contributed by atoms with E-state index >= 15 is 0 Å². The van der Waals surface area contributed by atoms with E-state index in [2.05, 4.69) is 24.3 Å². The molecule has 2 unspecified atom stereocenters. The summed E-state index contributed by atoms with van der Waals surface area (Å²) < 4.78 is 7.49. The van der Waals surface area contributed by atoms with Gasteiger partial charge in [-0.3, -0.25) is 4.68 Å². The van der Waals surface area contributed by atoms with Gasteiger partial charge in [0.25, 0.3) is 0 Å². The van der Waals surface area contributed by atoms with Gasteiger partial charge in [-0.25, -0.2) is 0 Å². The third kappa shape index (κ3) is 3.30. The maximum absolute atomic E-state index is 5.49. The van der Waals surface area contributed by atoms with Crippen LogP contribution >= 0.6 is 0 Å². The molecule has 2 rings (SSSR count). The van der Waals surface area contributed by atoms with Crippen molar-refractivity contribution in [2.75, 3.05) is 13.7 Å². The molecule has 1 aliphatic carbocycles. The van der Waals surface area contributed by atoms with Gasteiger partial charge in [-0.1, -0.05) is 26.7 Å². The van der Waals surface area contributed by atoms with Crippen molar-refractivity contribution in [2.45, 2.75) is 51.5 Å². The molecule has 1 saturated carbocycles. The maximum Gasteiger partial charge on any atom is 0.160 e. The van der Waals surface area contributed by atoms with Crippen molar-refractivity contribution in [1.82, 2.24) is 15.1 Å². The van der Waals surface area contributed by atoms with Gasteiger partial charge in [0.1, 0.15) is 0 Å². The second-order valence-electron chi connectivity index (χ2n) is 5.94. The van der Waals surface area contributed by atoms with Crippen LogP contribution in [0.2, 0.25) is 0 Å². The Balaban J connectivity index is 2.16. The highest BCUT2D eigenvalue weighted by molar-refractivity contribution is 5.29. The normalized spacial score (nSPS) is 23.8. The van der Waals surface area contributed by atoms with Crippen LogP contribution in [0, 0.1) is 5.92 Å². The summed E-state index contributed by atoms with van der Waals surface area (Å²) in [6.45, 7) is 5.52. The molecule has 0 bridgehead atoms. The molecule has 1 fully saturated rings. The number of hydrogen-bond acceptors (Lipinski definition) is 3. The lowest BCUT2D eigenvalue weighted by Crippen LogP contribution is -2.34. The first-order valence-corrected chi connectivity index (χ1v) is 7.42. The molecular weight excluding hydrogens is 238 g/mol. The molecule has 4 heteroatoms. The second kappa shape index (κ2) is 6.42. The van der Waals surface area contributed by atoms with E-state index in [0.717, 1.165) is 12.3 Å². The Morgan fingerprint density at radius 2 is 2.16 bits per heavy atom. The summed E-state index contributed by atoms with van der Waals surface area (Å²) in [6, 6.07) is 0.552. The highest BCUT2D eigenvalue weighted by Crippen LogP contribution is 2.40. The van der Waals surface area contributed by atoms with Crippen molar-refractivity contribution in [2.24, 2.45) is 13.0 Å². The van der Waals surface area contributed by atoms with E-state index in [-0.39, 0.29) is 0 Å². The highest BCUT2D eigenvalue weighted by atomic mass is 16.5. The number of nitrogens with one attached hydrogen (secondary N) is 1. The molecule has 0 radical (unpaired) electrons. The minimum absolute atomic E-state index is 0.552. The molecule has 108 valence electrons. The van der Waals surface area contributed by atoms with Crippen LogP contribution in [0.3, 0.4) is 0 Å². The maximum atomic E-state index is 5.49. The van der Waals surface area contributed by atoms with E-state index in [4.69, 9.17) is 4.74 Å². The SMILES string of the molecule is COc1cnn(C)c1C1CCCCC1CNC(C)C. The molecule has 1 aromatic rings.